The standard InChI is InChI=1S/C29H31F3N2O2/c1-18(2)36-27-13-11-23(29(30,31)32)16-26(27)34-17-25(28(33(34)3)19-6-5-7-19)22-9-8-21-15-24(35-4)12-10-20(21)14-22/h8-19,28H,5-7H2,1-4H3. The fraction of sp³-hybridized carbons (Fsp3) is 0.379. The summed E-state index contributed by atoms with van der Waals surface area (Å²) in [6.45, 7) is 3.75. The first kappa shape index (κ1) is 24.5. The Morgan fingerprint density at radius 1 is 0.944 bits per heavy atom. The number of hydrogen-bond acceptors (Lipinski definition) is 4. The second-order valence-electron chi connectivity index (χ2n) is 9.91. The second kappa shape index (κ2) is 9.36. The second-order valence-corrected chi connectivity index (χ2v) is 9.91. The minimum Gasteiger partial charge on any atom is -0.497 e. The lowest BCUT2D eigenvalue weighted by Gasteiger charge is -2.40. The third kappa shape index (κ3) is 4.52. The smallest absolute Gasteiger partial charge is 0.416 e. The third-order valence-electron chi connectivity index (χ3n) is 7.20. The van der Waals surface area contributed by atoms with Gasteiger partial charge in [0.2, 0.25) is 0 Å². The first-order valence-corrected chi connectivity index (χ1v) is 12.4. The zero-order valence-corrected chi connectivity index (χ0v) is 21.0. The Balaban J connectivity index is 1.61. The van der Waals surface area contributed by atoms with Crippen molar-refractivity contribution in [1.82, 2.24) is 5.01 Å². The van der Waals surface area contributed by atoms with Crippen molar-refractivity contribution in [2.75, 3.05) is 19.2 Å². The number of rotatable bonds is 6. The van der Waals surface area contributed by atoms with Crippen LogP contribution in [0.3, 0.4) is 0 Å². The number of ether oxygens (including phenoxy) is 2. The summed E-state index contributed by atoms with van der Waals surface area (Å²) >= 11 is 0. The van der Waals surface area contributed by atoms with Gasteiger partial charge < -0.3 is 9.47 Å². The first-order valence-electron chi connectivity index (χ1n) is 12.4. The monoisotopic (exact) mass is 496 g/mol. The molecule has 0 spiro atoms. The van der Waals surface area contributed by atoms with Crippen molar-refractivity contribution in [2.24, 2.45) is 5.92 Å². The molecular formula is C29H31F3N2O2. The Bertz CT molecular complexity index is 1300. The van der Waals surface area contributed by atoms with Gasteiger partial charge in [0.25, 0.3) is 0 Å². The van der Waals surface area contributed by atoms with Crippen molar-refractivity contribution < 1.29 is 22.6 Å². The molecule has 36 heavy (non-hydrogen) atoms. The van der Waals surface area contributed by atoms with Crippen LogP contribution >= 0.6 is 0 Å². The molecule has 1 atom stereocenters. The molecule has 1 aliphatic carbocycles. The number of alkyl halides is 3. The number of anilines is 1. The van der Waals surface area contributed by atoms with Crippen molar-refractivity contribution in [3.8, 4) is 11.5 Å². The van der Waals surface area contributed by atoms with Crippen LogP contribution in [0.2, 0.25) is 0 Å². The van der Waals surface area contributed by atoms with Crippen LogP contribution < -0.4 is 14.5 Å². The van der Waals surface area contributed by atoms with Gasteiger partial charge in [-0.1, -0.05) is 24.6 Å². The first-order chi connectivity index (χ1) is 17.2. The van der Waals surface area contributed by atoms with E-state index in [9.17, 15) is 13.2 Å². The maximum atomic E-state index is 13.7. The quantitative estimate of drug-likeness (QED) is 0.352. The van der Waals surface area contributed by atoms with Gasteiger partial charge in [-0.2, -0.15) is 13.2 Å². The van der Waals surface area contributed by atoms with Crippen LogP contribution in [0.25, 0.3) is 16.3 Å². The average molecular weight is 497 g/mol. The van der Waals surface area contributed by atoms with Crippen LogP contribution in [0.15, 0.2) is 60.8 Å². The molecule has 3 aromatic rings. The van der Waals surface area contributed by atoms with Crippen molar-refractivity contribution in [2.45, 2.75) is 51.4 Å². The van der Waals surface area contributed by atoms with E-state index in [1.807, 2.05) is 50.3 Å². The number of fused-ring (bicyclic) bond motifs is 1. The summed E-state index contributed by atoms with van der Waals surface area (Å²) in [6, 6.07) is 16.1. The Hall–Kier alpha value is -3.19. The molecule has 0 saturated heterocycles. The molecular weight excluding hydrogens is 465 g/mol. The van der Waals surface area contributed by atoms with Gasteiger partial charge >= 0.3 is 6.18 Å². The summed E-state index contributed by atoms with van der Waals surface area (Å²) in [5.41, 5.74) is 1.87. The van der Waals surface area contributed by atoms with E-state index in [0.29, 0.717) is 17.4 Å². The summed E-state index contributed by atoms with van der Waals surface area (Å²) in [4.78, 5) is 0. The molecule has 0 N–H and O–H groups in total. The van der Waals surface area contributed by atoms with E-state index >= 15 is 0 Å². The average Bonchev–Trinajstić information content (AvgIpc) is 3.13. The molecule has 1 saturated carbocycles. The van der Waals surface area contributed by atoms with E-state index in [2.05, 4.69) is 23.2 Å². The topological polar surface area (TPSA) is 24.9 Å². The molecule has 7 heteroatoms. The van der Waals surface area contributed by atoms with E-state index in [-0.39, 0.29) is 12.1 Å². The zero-order chi connectivity index (χ0) is 25.6. The van der Waals surface area contributed by atoms with Crippen molar-refractivity contribution in [3.05, 3.63) is 71.9 Å². The molecule has 3 aromatic carbocycles. The summed E-state index contributed by atoms with van der Waals surface area (Å²) < 4.78 is 52.3. The van der Waals surface area contributed by atoms with Gasteiger partial charge in [-0.15, -0.1) is 0 Å². The molecule has 1 aliphatic heterocycles. The Morgan fingerprint density at radius 2 is 1.67 bits per heavy atom. The largest absolute Gasteiger partial charge is 0.497 e. The fourth-order valence-corrected chi connectivity index (χ4v) is 5.19. The molecule has 190 valence electrons. The molecule has 1 unspecified atom stereocenters. The molecule has 1 fully saturated rings. The van der Waals surface area contributed by atoms with Crippen molar-refractivity contribution in [1.29, 1.82) is 0 Å². The van der Waals surface area contributed by atoms with Gasteiger partial charge in [0.05, 0.1) is 30.5 Å². The van der Waals surface area contributed by atoms with Crippen LogP contribution in [0.4, 0.5) is 18.9 Å². The summed E-state index contributed by atoms with van der Waals surface area (Å²) in [5, 5.41) is 6.07. The molecule has 1 heterocycles. The highest BCUT2D eigenvalue weighted by molar-refractivity contribution is 5.89. The van der Waals surface area contributed by atoms with Crippen LogP contribution in [-0.2, 0) is 6.18 Å². The number of methoxy groups -OCH3 is 1. The molecule has 0 amide bonds. The fourth-order valence-electron chi connectivity index (χ4n) is 5.19. The maximum Gasteiger partial charge on any atom is 0.416 e. The molecule has 0 bridgehead atoms. The maximum absolute atomic E-state index is 13.7. The minimum atomic E-state index is -4.44. The van der Waals surface area contributed by atoms with Crippen LogP contribution in [0, 0.1) is 5.92 Å². The molecule has 4 nitrogen and oxygen atoms in total. The number of halogens is 3. The predicted molar refractivity (Wildman–Crippen MR) is 137 cm³/mol. The van der Waals surface area contributed by atoms with E-state index in [1.165, 1.54) is 18.6 Å². The molecule has 5 rings (SSSR count). The highest BCUT2D eigenvalue weighted by Crippen LogP contribution is 2.46. The van der Waals surface area contributed by atoms with Crippen molar-refractivity contribution >= 4 is 22.0 Å². The highest BCUT2D eigenvalue weighted by atomic mass is 19.4. The summed E-state index contributed by atoms with van der Waals surface area (Å²) in [6.07, 6.45) is 0.743. The molecule has 0 aromatic heterocycles. The normalized spacial score (nSPS) is 19.1. The van der Waals surface area contributed by atoms with E-state index in [4.69, 9.17) is 9.47 Å². The minimum absolute atomic E-state index is 0.0656. The molecule has 2 aliphatic rings. The lowest BCUT2D eigenvalue weighted by molar-refractivity contribution is -0.137. The number of nitrogens with zero attached hydrogens (tertiary/aromatic N) is 2. The van der Waals surface area contributed by atoms with Gasteiger partial charge in [-0.3, -0.25) is 5.01 Å². The SMILES string of the molecule is COc1ccc2cc(C3=CN(c4cc(C(F)(F)F)ccc4OC(C)C)N(C)C3C3CCC3)ccc2c1. The van der Waals surface area contributed by atoms with Crippen LogP contribution in [0.5, 0.6) is 11.5 Å². The van der Waals surface area contributed by atoms with Gasteiger partial charge in [0, 0.05) is 13.2 Å². The van der Waals surface area contributed by atoms with Gasteiger partial charge in [-0.25, -0.2) is 5.01 Å². The number of hydrogen-bond donors (Lipinski definition) is 0. The Labute approximate surface area is 209 Å². The van der Waals surface area contributed by atoms with E-state index in [1.54, 1.807) is 7.11 Å². The lowest BCUT2D eigenvalue weighted by atomic mass is 9.76. The number of benzene rings is 3. The zero-order valence-electron chi connectivity index (χ0n) is 21.0. The number of hydrazine groups is 1. The van der Waals surface area contributed by atoms with Gasteiger partial charge in [0.1, 0.15) is 11.5 Å². The Kier molecular flexibility index (Phi) is 6.37. The van der Waals surface area contributed by atoms with Gasteiger partial charge in [0.15, 0.2) is 0 Å². The third-order valence-corrected chi connectivity index (χ3v) is 7.20. The highest BCUT2D eigenvalue weighted by Gasteiger charge is 2.41. The summed E-state index contributed by atoms with van der Waals surface area (Å²) in [5.74, 6) is 1.68. The van der Waals surface area contributed by atoms with E-state index in [0.717, 1.165) is 46.6 Å². The van der Waals surface area contributed by atoms with E-state index < -0.39 is 11.7 Å². The lowest BCUT2D eigenvalue weighted by Crippen LogP contribution is -2.44. The van der Waals surface area contributed by atoms with Crippen molar-refractivity contribution in [3.63, 3.8) is 0 Å². The van der Waals surface area contributed by atoms with Gasteiger partial charge in [-0.05, 0) is 90.9 Å². The summed E-state index contributed by atoms with van der Waals surface area (Å²) in [7, 11) is 3.61. The predicted octanol–water partition coefficient (Wildman–Crippen LogP) is 7.53. The van der Waals surface area contributed by atoms with Crippen LogP contribution in [0.1, 0.15) is 44.2 Å². The molecule has 0 radical (unpaired) electrons. The Morgan fingerprint density at radius 3 is 2.31 bits per heavy atom. The van der Waals surface area contributed by atoms with Crippen LogP contribution in [-0.4, -0.2) is 31.3 Å². The number of likely N-dealkylation sites (N-methyl/N-ethyl adjacent to an activating group) is 1.